The van der Waals surface area contributed by atoms with Crippen LogP contribution >= 0.6 is 11.6 Å². The van der Waals surface area contributed by atoms with E-state index in [2.05, 4.69) is 9.97 Å². The van der Waals surface area contributed by atoms with Crippen molar-refractivity contribution in [1.29, 1.82) is 0 Å². The molecule has 2 aromatic heterocycles. The van der Waals surface area contributed by atoms with Crippen molar-refractivity contribution in [3.63, 3.8) is 0 Å². The zero-order chi connectivity index (χ0) is 21.7. The van der Waals surface area contributed by atoms with Crippen LogP contribution in [0.2, 0.25) is 5.02 Å². The SMILES string of the molecule is O=C(N1CCC(S(=O)c2ccc(C(F)(F)F)cn2)C1)C1(c2ncc(Cl)cc2F)CC1. The lowest BCUT2D eigenvalue weighted by molar-refractivity contribution is -0.138. The molecule has 5 nitrogen and oxygen atoms in total. The number of hydrogen-bond acceptors (Lipinski definition) is 4. The lowest BCUT2D eigenvalue weighted by Crippen LogP contribution is -2.39. The molecule has 2 aliphatic rings. The van der Waals surface area contributed by atoms with Gasteiger partial charge in [-0.05, 0) is 37.5 Å². The molecule has 1 aliphatic heterocycles. The first-order chi connectivity index (χ1) is 14.1. The number of pyridine rings is 2. The largest absolute Gasteiger partial charge is 0.417 e. The van der Waals surface area contributed by atoms with Crippen LogP contribution in [-0.2, 0) is 27.2 Å². The minimum Gasteiger partial charge on any atom is -0.341 e. The predicted molar refractivity (Wildman–Crippen MR) is 101 cm³/mol. The average molecular weight is 462 g/mol. The molecule has 0 spiro atoms. The Balaban J connectivity index is 1.46. The second kappa shape index (κ2) is 7.56. The van der Waals surface area contributed by atoms with Gasteiger partial charge in [0.25, 0.3) is 0 Å². The zero-order valence-electron chi connectivity index (χ0n) is 15.5. The molecule has 1 saturated heterocycles. The van der Waals surface area contributed by atoms with Crippen molar-refractivity contribution < 1.29 is 26.6 Å². The highest BCUT2D eigenvalue weighted by Gasteiger charge is 2.56. The van der Waals surface area contributed by atoms with E-state index < -0.39 is 39.0 Å². The summed E-state index contributed by atoms with van der Waals surface area (Å²) in [6.45, 7) is 0.484. The average Bonchev–Trinajstić information content (AvgIpc) is 3.34. The summed E-state index contributed by atoms with van der Waals surface area (Å²) >= 11 is 5.74. The van der Waals surface area contributed by atoms with Gasteiger partial charge in [-0.1, -0.05) is 11.6 Å². The Morgan fingerprint density at radius 3 is 2.53 bits per heavy atom. The minimum absolute atomic E-state index is 0.0360. The maximum atomic E-state index is 14.3. The van der Waals surface area contributed by atoms with Crippen LogP contribution in [0, 0.1) is 5.82 Å². The van der Waals surface area contributed by atoms with Crippen LogP contribution in [0.1, 0.15) is 30.5 Å². The molecular formula is C19H16ClF4N3O2S. The Morgan fingerprint density at radius 1 is 1.23 bits per heavy atom. The Morgan fingerprint density at radius 2 is 1.97 bits per heavy atom. The van der Waals surface area contributed by atoms with Crippen molar-refractivity contribution in [3.05, 3.63) is 52.7 Å². The number of carbonyl (C=O) groups is 1. The molecule has 11 heteroatoms. The van der Waals surface area contributed by atoms with Gasteiger partial charge in [0.1, 0.15) is 10.8 Å². The highest BCUT2D eigenvalue weighted by molar-refractivity contribution is 7.85. The van der Waals surface area contributed by atoms with E-state index in [0.717, 1.165) is 18.2 Å². The van der Waals surface area contributed by atoms with Crippen LogP contribution in [0.25, 0.3) is 0 Å². The summed E-state index contributed by atoms with van der Waals surface area (Å²) in [7, 11) is -1.67. The second-order valence-corrected chi connectivity index (χ2v) is 9.52. The van der Waals surface area contributed by atoms with Crippen molar-refractivity contribution in [3.8, 4) is 0 Å². The van der Waals surface area contributed by atoms with E-state index in [1.807, 2.05) is 0 Å². The lowest BCUT2D eigenvalue weighted by Gasteiger charge is -2.23. The number of halogens is 5. The first-order valence-corrected chi connectivity index (χ1v) is 10.8. The van der Waals surface area contributed by atoms with Crippen LogP contribution in [0.5, 0.6) is 0 Å². The van der Waals surface area contributed by atoms with Gasteiger partial charge >= 0.3 is 6.18 Å². The van der Waals surface area contributed by atoms with Gasteiger partial charge in [-0.15, -0.1) is 0 Å². The van der Waals surface area contributed by atoms with Crippen molar-refractivity contribution in [2.24, 2.45) is 0 Å². The van der Waals surface area contributed by atoms with Gasteiger partial charge in [-0.25, -0.2) is 9.37 Å². The summed E-state index contributed by atoms with van der Waals surface area (Å²) in [5.41, 5.74) is -1.89. The minimum atomic E-state index is -4.52. The van der Waals surface area contributed by atoms with E-state index in [4.69, 9.17) is 11.6 Å². The smallest absolute Gasteiger partial charge is 0.341 e. The highest BCUT2D eigenvalue weighted by Crippen LogP contribution is 2.50. The molecule has 2 fully saturated rings. The molecule has 3 heterocycles. The molecule has 2 unspecified atom stereocenters. The lowest BCUT2D eigenvalue weighted by atomic mass is 9.99. The fourth-order valence-electron chi connectivity index (χ4n) is 3.67. The molecule has 0 aromatic carbocycles. The van der Waals surface area contributed by atoms with Gasteiger partial charge in [0.05, 0.1) is 37.7 Å². The molecule has 30 heavy (non-hydrogen) atoms. The van der Waals surface area contributed by atoms with Crippen LogP contribution in [0.4, 0.5) is 17.6 Å². The summed E-state index contributed by atoms with van der Waals surface area (Å²) in [6.07, 6.45) is -1.24. The van der Waals surface area contributed by atoms with Gasteiger partial charge in [-0.2, -0.15) is 13.2 Å². The molecule has 0 N–H and O–H groups in total. The summed E-state index contributed by atoms with van der Waals surface area (Å²) in [5, 5.41) is -0.286. The highest BCUT2D eigenvalue weighted by atomic mass is 35.5. The number of alkyl halides is 3. The summed E-state index contributed by atoms with van der Waals surface area (Å²) < 4.78 is 65.1. The summed E-state index contributed by atoms with van der Waals surface area (Å²) in [6, 6.07) is 3.06. The van der Waals surface area contributed by atoms with Crippen molar-refractivity contribution in [2.45, 2.75) is 41.1 Å². The maximum Gasteiger partial charge on any atom is 0.417 e. The molecule has 0 bridgehead atoms. The Labute approximate surface area is 176 Å². The van der Waals surface area contributed by atoms with E-state index in [-0.39, 0.29) is 28.2 Å². The van der Waals surface area contributed by atoms with E-state index in [0.29, 0.717) is 32.0 Å². The third-order valence-corrected chi connectivity index (χ3v) is 7.28. The van der Waals surface area contributed by atoms with Crippen LogP contribution in [-0.4, -0.2) is 43.3 Å². The number of hydrogen-bond donors (Lipinski definition) is 0. The van der Waals surface area contributed by atoms with Gasteiger partial charge in [0.2, 0.25) is 5.91 Å². The van der Waals surface area contributed by atoms with Gasteiger partial charge < -0.3 is 4.90 Å². The second-order valence-electron chi connectivity index (χ2n) is 7.41. The standard InChI is InChI=1S/C19H16ClF4N3O2S/c20-12-7-14(21)16(26-9-12)18(4-5-18)17(28)27-6-3-13(10-27)30(29)15-2-1-11(8-25-15)19(22,23)24/h1-2,7-9,13H,3-6,10H2. The van der Waals surface area contributed by atoms with Crippen molar-refractivity contribution >= 4 is 28.3 Å². The number of aromatic nitrogens is 2. The third kappa shape index (κ3) is 3.82. The number of likely N-dealkylation sites (tertiary alicyclic amines) is 1. The maximum absolute atomic E-state index is 14.3. The van der Waals surface area contributed by atoms with Gasteiger partial charge in [-0.3, -0.25) is 14.0 Å². The van der Waals surface area contributed by atoms with Gasteiger partial charge in [0.15, 0.2) is 0 Å². The molecule has 2 atom stereocenters. The number of amides is 1. The van der Waals surface area contributed by atoms with E-state index in [1.54, 1.807) is 0 Å². The fraction of sp³-hybridized carbons (Fsp3) is 0.421. The normalized spacial score (nSPS) is 21.5. The van der Waals surface area contributed by atoms with Crippen molar-refractivity contribution in [2.75, 3.05) is 13.1 Å². The van der Waals surface area contributed by atoms with E-state index in [1.165, 1.54) is 11.1 Å². The van der Waals surface area contributed by atoms with Crippen molar-refractivity contribution in [1.82, 2.24) is 14.9 Å². The molecule has 4 rings (SSSR count). The molecule has 1 aliphatic carbocycles. The number of rotatable bonds is 4. The van der Waals surface area contributed by atoms with Crippen LogP contribution in [0.3, 0.4) is 0 Å². The summed E-state index contributed by atoms with van der Waals surface area (Å²) in [4.78, 5) is 22.3. The van der Waals surface area contributed by atoms with E-state index >= 15 is 0 Å². The molecule has 2 aromatic rings. The number of nitrogens with zero attached hydrogens (tertiary/aromatic N) is 3. The molecular weight excluding hydrogens is 446 g/mol. The molecule has 1 amide bonds. The Bertz CT molecular complexity index is 1010. The van der Waals surface area contributed by atoms with Gasteiger partial charge in [0, 0.05) is 25.5 Å². The Kier molecular flexibility index (Phi) is 5.34. The first kappa shape index (κ1) is 21.2. The quantitative estimate of drug-likeness (QED) is 0.651. The molecule has 160 valence electrons. The monoisotopic (exact) mass is 461 g/mol. The number of carbonyl (C=O) groups excluding carboxylic acids is 1. The van der Waals surface area contributed by atoms with Crippen LogP contribution in [0.15, 0.2) is 35.6 Å². The summed E-state index contributed by atoms with van der Waals surface area (Å²) in [5.74, 6) is -0.919. The van der Waals surface area contributed by atoms with Crippen LogP contribution < -0.4 is 0 Å². The first-order valence-electron chi connectivity index (χ1n) is 9.16. The molecule has 1 saturated carbocycles. The topological polar surface area (TPSA) is 63.2 Å². The predicted octanol–water partition coefficient (Wildman–Crippen LogP) is 3.73. The zero-order valence-corrected chi connectivity index (χ0v) is 17.0. The fourth-order valence-corrected chi connectivity index (χ4v) is 5.15. The third-order valence-electron chi connectivity index (χ3n) is 5.43. The van der Waals surface area contributed by atoms with E-state index in [9.17, 15) is 26.6 Å². The molecule has 0 radical (unpaired) electrons. The Hall–Kier alpha value is -2.07.